The van der Waals surface area contributed by atoms with Crippen molar-refractivity contribution in [3.8, 4) is 45.0 Å². The zero-order chi connectivity index (χ0) is 54.3. The molecule has 6 nitrogen and oxygen atoms in total. The van der Waals surface area contributed by atoms with E-state index >= 15 is 0 Å². The Morgan fingerprint density at radius 3 is 0.928 bits per heavy atom. The molecule has 0 N–H and O–H groups in total. The largest absolute Gasteiger partial charge is 2.00 e. The number of aromatic nitrogens is 4. The third-order valence-corrected chi connectivity index (χ3v) is 15.5. The van der Waals surface area contributed by atoms with Crippen LogP contribution in [0, 0.1) is 12.1 Å². The van der Waals surface area contributed by atoms with E-state index in [-0.39, 0.29) is 21.1 Å². The summed E-state index contributed by atoms with van der Waals surface area (Å²) in [7, 11) is 0. The molecule has 0 atom stereocenters. The smallest absolute Gasteiger partial charge is 0.280 e. The molecule has 12 aromatic carbocycles. The minimum atomic E-state index is 0. The van der Waals surface area contributed by atoms with Gasteiger partial charge in [0.25, 0.3) is 0 Å². The summed E-state index contributed by atoms with van der Waals surface area (Å²) in [5, 5.41) is 14.8. The van der Waals surface area contributed by atoms with E-state index in [1.54, 1.807) is 0 Å². The quantitative estimate of drug-likeness (QED) is 0.100. The van der Waals surface area contributed by atoms with Crippen molar-refractivity contribution in [1.29, 1.82) is 0 Å². The molecular weight excluding hydrogens is 1190 g/mol. The normalized spacial score (nSPS) is 11.3. The number of rotatable bonds is 10. The Morgan fingerprint density at radius 1 is 0.241 bits per heavy atom. The van der Waals surface area contributed by atoms with Gasteiger partial charge in [0.1, 0.15) is 23.3 Å². The SMILES string of the molecule is [Pt+2].[c-]1ccccc1-c1cccc(N(c2cccc(-c3[c-]cccc3)n2)c2ccc3ccc4cccc5ccc2c3c45)n1.c1ccc(-c2cccc(N(c3cccc(-c4ccccc4)n3)c3ccc4ccc5cccc6ccc3c4c56)n2)cc1. The minimum Gasteiger partial charge on any atom is -0.280 e. The van der Waals surface area contributed by atoms with Crippen molar-refractivity contribution in [2.45, 2.75) is 0 Å². The van der Waals surface area contributed by atoms with E-state index in [0.29, 0.717) is 0 Å². The summed E-state index contributed by atoms with van der Waals surface area (Å²) in [4.78, 5) is 25.1. The molecule has 0 saturated heterocycles. The van der Waals surface area contributed by atoms with Crippen LogP contribution in [0.15, 0.2) is 291 Å². The average Bonchev–Trinajstić information content (AvgIpc) is 3.72. The first kappa shape index (κ1) is 50.8. The van der Waals surface area contributed by atoms with E-state index < -0.39 is 0 Å². The predicted molar refractivity (Wildman–Crippen MR) is 340 cm³/mol. The Bertz CT molecular complexity index is 4430. The number of hydrogen-bond acceptors (Lipinski definition) is 6. The summed E-state index contributed by atoms with van der Waals surface area (Å²) in [6, 6.07) is 108. The molecule has 0 spiro atoms. The maximum Gasteiger partial charge on any atom is 2.00 e. The monoisotopic (exact) mass is 1240 g/mol. The van der Waals surface area contributed by atoms with E-state index in [2.05, 4.69) is 204 Å². The molecule has 4 heterocycles. The Morgan fingerprint density at radius 2 is 0.554 bits per heavy atom. The molecule has 0 radical (unpaired) electrons. The zero-order valence-corrected chi connectivity index (χ0v) is 47.0. The molecule has 392 valence electrons. The molecule has 83 heavy (non-hydrogen) atoms. The number of nitrogens with zero attached hydrogens (tertiary/aromatic N) is 6. The Balaban J connectivity index is 0.000000146. The van der Waals surface area contributed by atoms with Crippen molar-refractivity contribution < 1.29 is 21.1 Å². The van der Waals surface area contributed by atoms with Gasteiger partial charge in [-0.3, -0.25) is 19.8 Å². The van der Waals surface area contributed by atoms with E-state index in [4.69, 9.17) is 19.9 Å². The topological polar surface area (TPSA) is 58.0 Å². The molecule has 0 bridgehead atoms. The van der Waals surface area contributed by atoms with Crippen LogP contribution < -0.4 is 9.80 Å². The molecule has 0 fully saturated rings. The van der Waals surface area contributed by atoms with Gasteiger partial charge >= 0.3 is 21.1 Å². The fourth-order valence-corrected chi connectivity index (χ4v) is 11.7. The minimum absolute atomic E-state index is 0. The summed E-state index contributed by atoms with van der Waals surface area (Å²) in [6.07, 6.45) is 0. The molecular formula is C76H48N6Pt. The van der Waals surface area contributed by atoms with Gasteiger partial charge in [-0.2, -0.15) is 0 Å². The van der Waals surface area contributed by atoms with Crippen LogP contribution in [0.25, 0.3) is 110 Å². The zero-order valence-electron chi connectivity index (χ0n) is 44.7. The van der Waals surface area contributed by atoms with Crippen LogP contribution in [-0.4, -0.2) is 19.9 Å². The summed E-state index contributed by atoms with van der Waals surface area (Å²) in [5.41, 5.74) is 9.69. The molecule has 7 heteroatoms. The van der Waals surface area contributed by atoms with Gasteiger partial charge < -0.3 is 0 Å². The van der Waals surface area contributed by atoms with Gasteiger partial charge in [-0.15, -0.1) is 71.8 Å². The van der Waals surface area contributed by atoms with Crippen molar-refractivity contribution in [2.24, 2.45) is 0 Å². The number of benzene rings is 12. The standard InChI is InChI=1S/C38H25N3.C38H23N3.Pt/c2*1-3-10-26(11-4-1)32-16-8-18-35(39-32)41(36-19-9-17-33(40-36)27-12-5-2-6-13-27)34-25-23-30-21-20-28-14-7-15-29-22-24-31(34)38(30)37(28)29;/h1-25H;1-10,12,14-25H;/q;-2;+2. The second-order valence-electron chi connectivity index (χ2n) is 20.4. The second-order valence-corrected chi connectivity index (χ2v) is 20.4. The molecule has 4 aromatic heterocycles. The predicted octanol–water partition coefficient (Wildman–Crippen LogP) is 20.0. The first-order chi connectivity index (χ1) is 40.7. The third-order valence-electron chi connectivity index (χ3n) is 15.5. The second kappa shape index (κ2) is 21.9. The van der Waals surface area contributed by atoms with Crippen molar-refractivity contribution in [3.63, 3.8) is 0 Å². The van der Waals surface area contributed by atoms with E-state index in [1.807, 2.05) is 109 Å². The molecule has 16 aromatic rings. The van der Waals surface area contributed by atoms with Gasteiger partial charge in [0.05, 0.1) is 22.8 Å². The molecule has 0 unspecified atom stereocenters. The van der Waals surface area contributed by atoms with Crippen molar-refractivity contribution >= 4 is 99.3 Å². The third kappa shape index (κ3) is 9.45. The van der Waals surface area contributed by atoms with Gasteiger partial charge in [0.2, 0.25) is 0 Å². The van der Waals surface area contributed by atoms with Crippen LogP contribution >= 0.6 is 0 Å². The van der Waals surface area contributed by atoms with Gasteiger partial charge in [-0.25, -0.2) is 9.97 Å². The molecule has 0 amide bonds. The molecule has 0 aliphatic carbocycles. The number of anilines is 6. The van der Waals surface area contributed by atoms with Crippen molar-refractivity contribution in [2.75, 3.05) is 9.80 Å². The number of hydrogen-bond donors (Lipinski definition) is 0. The summed E-state index contributed by atoms with van der Waals surface area (Å²) >= 11 is 0. The van der Waals surface area contributed by atoms with E-state index in [0.717, 1.165) is 85.1 Å². The van der Waals surface area contributed by atoms with E-state index in [9.17, 15) is 0 Å². The van der Waals surface area contributed by atoms with Gasteiger partial charge in [-0.1, -0.05) is 194 Å². The Kier molecular flexibility index (Phi) is 13.4. The van der Waals surface area contributed by atoms with Crippen LogP contribution in [0.4, 0.5) is 34.6 Å². The maximum absolute atomic E-state index is 5.19. The van der Waals surface area contributed by atoms with E-state index in [1.165, 1.54) is 59.2 Å². The fourth-order valence-electron chi connectivity index (χ4n) is 11.7. The Labute approximate surface area is 495 Å². The molecule has 16 rings (SSSR count). The summed E-state index contributed by atoms with van der Waals surface area (Å²) in [6.45, 7) is 0. The van der Waals surface area contributed by atoms with Crippen LogP contribution in [0.1, 0.15) is 0 Å². The molecule has 0 saturated carbocycles. The number of pyridine rings is 4. The van der Waals surface area contributed by atoms with Gasteiger partial charge in [0.15, 0.2) is 0 Å². The van der Waals surface area contributed by atoms with Gasteiger partial charge in [-0.05, 0) is 114 Å². The van der Waals surface area contributed by atoms with Crippen molar-refractivity contribution in [1.82, 2.24) is 19.9 Å². The van der Waals surface area contributed by atoms with Crippen LogP contribution in [0.5, 0.6) is 0 Å². The van der Waals surface area contributed by atoms with Crippen LogP contribution in [0.2, 0.25) is 0 Å². The molecule has 0 aliphatic heterocycles. The Hall–Kier alpha value is -10.4. The van der Waals surface area contributed by atoms with Crippen molar-refractivity contribution in [3.05, 3.63) is 303 Å². The summed E-state index contributed by atoms with van der Waals surface area (Å²) in [5.74, 6) is 3.21. The average molecular weight is 1240 g/mol. The summed E-state index contributed by atoms with van der Waals surface area (Å²) < 4.78 is 0. The maximum atomic E-state index is 5.19. The van der Waals surface area contributed by atoms with Gasteiger partial charge in [0, 0.05) is 21.9 Å². The first-order valence-corrected chi connectivity index (χ1v) is 27.5. The van der Waals surface area contributed by atoms with Crippen LogP contribution in [-0.2, 0) is 21.1 Å². The first-order valence-electron chi connectivity index (χ1n) is 27.5. The fraction of sp³-hybridized carbons (Fsp3) is 0. The molecule has 0 aliphatic rings. The van der Waals surface area contributed by atoms with Crippen LogP contribution in [0.3, 0.4) is 0 Å².